The van der Waals surface area contributed by atoms with Crippen LogP contribution in [0.4, 0.5) is 0 Å². The standard InChI is InChI=1S/C11H10N2O4/c1-6-12-10(13-17-6)7-3-4-9(16-2)8(5-7)11(14)15/h3-5H,1-2H3,(H,14,15). The van der Waals surface area contributed by atoms with E-state index < -0.39 is 5.97 Å². The summed E-state index contributed by atoms with van der Waals surface area (Å²) in [7, 11) is 1.42. The fraction of sp³-hybridized carbons (Fsp3) is 0.182. The molecule has 0 bridgehead atoms. The summed E-state index contributed by atoms with van der Waals surface area (Å²) in [5.74, 6) is 0.00531. The van der Waals surface area contributed by atoms with Gasteiger partial charge in [-0.15, -0.1) is 0 Å². The summed E-state index contributed by atoms with van der Waals surface area (Å²) in [6, 6.07) is 4.69. The van der Waals surface area contributed by atoms with Crippen LogP contribution in [0, 0.1) is 6.92 Å². The third-order valence-corrected chi connectivity index (χ3v) is 2.22. The number of benzene rings is 1. The first-order chi connectivity index (χ1) is 8.11. The first kappa shape index (κ1) is 11.1. The summed E-state index contributed by atoms with van der Waals surface area (Å²) in [6.07, 6.45) is 0. The minimum atomic E-state index is -1.07. The summed E-state index contributed by atoms with van der Waals surface area (Å²) in [5.41, 5.74) is 0.632. The molecule has 0 aliphatic heterocycles. The number of aromatic nitrogens is 2. The van der Waals surface area contributed by atoms with Crippen molar-refractivity contribution in [2.75, 3.05) is 7.11 Å². The quantitative estimate of drug-likeness (QED) is 0.870. The molecule has 0 aliphatic carbocycles. The Hall–Kier alpha value is -2.37. The zero-order valence-electron chi connectivity index (χ0n) is 9.30. The number of hydrogen-bond acceptors (Lipinski definition) is 5. The number of carboxylic acid groups (broad SMARTS) is 1. The second kappa shape index (κ2) is 4.25. The summed E-state index contributed by atoms with van der Waals surface area (Å²) >= 11 is 0. The summed E-state index contributed by atoms with van der Waals surface area (Å²) in [6.45, 7) is 1.66. The molecule has 1 N–H and O–H groups in total. The van der Waals surface area contributed by atoms with Crippen molar-refractivity contribution in [1.82, 2.24) is 10.1 Å². The van der Waals surface area contributed by atoms with Crippen LogP contribution < -0.4 is 4.74 Å². The highest BCUT2D eigenvalue weighted by molar-refractivity contribution is 5.92. The number of ether oxygens (including phenoxy) is 1. The molecule has 0 spiro atoms. The summed E-state index contributed by atoms with van der Waals surface area (Å²) in [5, 5.41) is 12.8. The molecule has 17 heavy (non-hydrogen) atoms. The molecule has 0 radical (unpaired) electrons. The molecule has 1 aromatic carbocycles. The topological polar surface area (TPSA) is 85.5 Å². The number of aryl methyl sites for hydroxylation is 1. The molecule has 6 heteroatoms. The maximum Gasteiger partial charge on any atom is 0.339 e. The molecule has 1 heterocycles. The van der Waals surface area contributed by atoms with Crippen LogP contribution in [-0.2, 0) is 0 Å². The second-order valence-corrected chi connectivity index (χ2v) is 3.36. The van der Waals surface area contributed by atoms with Gasteiger partial charge in [0.1, 0.15) is 11.3 Å². The number of rotatable bonds is 3. The van der Waals surface area contributed by atoms with Gasteiger partial charge in [-0.2, -0.15) is 4.98 Å². The molecule has 0 saturated carbocycles. The number of hydrogen-bond donors (Lipinski definition) is 1. The maximum atomic E-state index is 11.0. The largest absolute Gasteiger partial charge is 0.496 e. The molecular formula is C11H10N2O4. The molecule has 2 aromatic rings. The highest BCUT2D eigenvalue weighted by Crippen LogP contribution is 2.24. The molecule has 0 aliphatic rings. The number of carboxylic acids is 1. The molecule has 0 unspecified atom stereocenters. The van der Waals surface area contributed by atoms with Gasteiger partial charge in [0.25, 0.3) is 0 Å². The highest BCUT2D eigenvalue weighted by atomic mass is 16.5. The van der Waals surface area contributed by atoms with Gasteiger partial charge in [0.2, 0.25) is 11.7 Å². The Bertz CT molecular complexity index is 562. The molecule has 0 atom stereocenters. The lowest BCUT2D eigenvalue weighted by Gasteiger charge is -2.05. The van der Waals surface area contributed by atoms with E-state index in [2.05, 4.69) is 10.1 Å². The number of methoxy groups -OCH3 is 1. The van der Waals surface area contributed by atoms with E-state index in [9.17, 15) is 4.79 Å². The summed E-state index contributed by atoms with van der Waals surface area (Å²) in [4.78, 5) is 15.1. The Kier molecular flexibility index (Phi) is 2.78. The van der Waals surface area contributed by atoms with Crippen molar-refractivity contribution in [3.8, 4) is 17.1 Å². The third-order valence-electron chi connectivity index (χ3n) is 2.22. The first-order valence-electron chi connectivity index (χ1n) is 4.84. The molecule has 0 fully saturated rings. The minimum absolute atomic E-state index is 0.0625. The van der Waals surface area contributed by atoms with Crippen LogP contribution in [-0.4, -0.2) is 28.3 Å². The van der Waals surface area contributed by atoms with E-state index in [-0.39, 0.29) is 5.56 Å². The molecule has 0 saturated heterocycles. The zero-order valence-corrected chi connectivity index (χ0v) is 9.30. The van der Waals surface area contributed by atoms with Gasteiger partial charge in [-0.05, 0) is 18.2 Å². The third kappa shape index (κ3) is 2.10. The Morgan fingerprint density at radius 1 is 1.47 bits per heavy atom. The van der Waals surface area contributed by atoms with Gasteiger partial charge in [0.15, 0.2) is 0 Å². The van der Waals surface area contributed by atoms with Gasteiger partial charge >= 0.3 is 5.97 Å². The average Bonchev–Trinajstić information content (AvgIpc) is 2.75. The second-order valence-electron chi connectivity index (χ2n) is 3.36. The van der Waals surface area contributed by atoms with Crippen LogP contribution in [0.5, 0.6) is 5.75 Å². The van der Waals surface area contributed by atoms with Crippen molar-refractivity contribution < 1.29 is 19.2 Å². The molecule has 6 nitrogen and oxygen atoms in total. The lowest BCUT2D eigenvalue weighted by Crippen LogP contribution is -2.00. The van der Waals surface area contributed by atoms with Crippen LogP contribution in [0.3, 0.4) is 0 Å². The van der Waals surface area contributed by atoms with Crippen molar-refractivity contribution in [2.45, 2.75) is 6.92 Å². The van der Waals surface area contributed by atoms with Crippen molar-refractivity contribution in [3.05, 3.63) is 29.7 Å². The Balaban J connectivity index is 2.50. The van der Waals surface area contributed by atoms with Gasteiger partial charge in [-0.1, -0.05) is 5.16 Å². The first-order valence-corrected chi connectivity index (χ1v) is 4.84. The molecule has 1 aromatic heterocycles. The van der Waals surface area contributed by atoms with E-state index in [0.29, 0.717) is 23.0 Å². The van der Waals surface area contributed by atoms with Crippen LogP contribution in [0.2, 0.25) is 0 Å². The van der Waals surface area contributed by atoms with E-state index in [4.69, 9.17) is 14.4 Å². The molecule has 88 valence electrons. The van der Waals surface area contributed by atoms with E-state index in [1.165, 1.54) is 13.2 Å². The Labute approximate surface area is 96.8 Å². The Morgan fingerprint density at radius 2 is 2.24 bits per heavy atom. The minimum Gasteiger partial charge on any atom is -0.496 e. The van der Waals surface area contributed by atoms with Crippen LogP contribution in [0.1, 0.15) is 16.2 Å². The highest BCUT2D eigenvalue weighted by Gasteiger charge is 2.14. The number of aromatic carboxylic acids is 1. The molecular weight excluding hydrogens is 224 g/mol. The zero-order chi connectivity index (χ0) is 12.4. The van der Waals surface area contributed by atoms with Crippen molar-refractivity contribution >= 4 is 5.97 Å². The lowest BCUT2D eigenvalue weighted by atomic mass is 10.1. The number of carbonyl (C=O) groups is 1. The summed E-state index contributed by atoms with van der Waals surface area (Å²) < 4.78 is 9.79. The van der Waals surface area contributed by atoms with Gasteiger partial charge in [0.05, 0.1) is 7.11 Å². The Morgan fingerprint density at radius 3 is 2.76 bits per heavy atom. The van der Waals surface area contributed by atoms with Gasteiger partial charge in [-0.3, -0.25) is 0 Å². The monoisotopic (exact) mass is 234 g/mol. The van der Waals surface area contributed by atoms with Crippen molar-refractivity contribution in [3.63, 3.8) is 0 Å². The predicted molar refractivity (Wildman–Crippen MR) is 58.0 cm³/mol. The van der Waals surface area contributed by atoms with Crippen LogP contribution in [0.25, 0.3) is 11.4 Å². The van der Waals surface area contributed by atoms with E-state index in [1.807, 2.05) is 0 Å². The van der Waals surface area contributed by atoms with E-state index in [1.54, 1.807) is 19.1 Å². The fourth-order valence-electron chi connectivity index (χ4n) is 1.43. The smallest absolute Gasteiger partial charge is 0.339 e. The van der Waals surface area contributed by atoms with E-state index >= 15 is 0 Å². The van der Waals surface area contributed by atoms with Gasteiger partial charge in [0, 0.05) is 12.5 Å². The van der Waals surface area contributed by atoms with Crippen molar-refractivity contribution in [2.24, 2.45) is 0 Å². The molecule has 0 amide bonds. The van der Waals surface area contributed by atoms with Gasteiger partial charge in [-0.25, -0.2) is 4.79 Å². The lowest BCUT2D eigenvalue weighted by molar-refractivity contribution is 0.0693. The van der Waals surface area contributed by atoms with Gasteiger partial charge < -0.3 is 14.4 Å². The van der Waals surface area contributed by atoms with E-state index in [0.717, 1.165) is 0 Å². The van der Waals surface area contributed by atoms with Crippen molar-refractivity contribution in [1.29, 1.82) is 0 Å². The SMILES string of the molecule is COc1ccc(-c2noc(C)n2)cc1C(=O)O. The predicted octanol–water partition coefficient (Wildman–Crippen LogP) is 1.75. The fourth-order valence-corrected chi connectivity index (χ4v) is 1.43. The maximum absolute atomic E-state index is 11.0. The normalized spacial score (nSPS) is 10.2. The molecule has 2 rings (SSSR count). The number of nitrogens with zero attached hydrogens (tertiary/aromatic N) is 2. The van der Waals surface area contributed by atoms with Crippen LogP contribution in [0.15, 0.2) is 22.7 Å². The average molecular weight is 234 g/mol. The van der Waals surface area contributed by atoms with Crippen LogP contribution >= 0.6 is 0 Å².